The monoisotopic (exact) mass is 501 g/mol. The minimum atomic E-state index is -4.27. The van der Waals surface area contributed by atoms with Crippen LogP contribution in [0.25, 0.3) is 0 Å². The molecule has 0 radical (unpaired) electrons. The van der Waals surface area contributed by atoms with Crippen LogP contribution in [0.1, 0.15) is 49.9 Å². The van der Waals surface area contributed by atoms with Gasteiger partial charge < -0.3 is 14.6 Å². The van der Waals surface area contributed by atoms with Crippen LogP contribution in [0.5, 0.6) is 11.5 Å². The second-order valence-corrected chi connectivity index (χ2v) is 12.2. The average molecular weight is 502 g/mol. The molecule has 2 aromatic carbocycles. The molecule has 0 saturated heterocycles. The van der Waals surface area contributed by atoms with Crippen molar-refractivity contribution < 1.29 is 27.8 Å². The summed E-state index contributed by atoms with van der Waals surface area (Å²) in [4.78, 5) is 16.4. The van der Waals surface area contributed by atoms with E-state index in [1.54, 1.807) is 25.3 Å². The van der Waals surface area contributed by atoms with Crippen LogP contribution in [0, 0.1) is 0 Å². The summed E-state index contributed by atoms with van der Waals surface area (Å²) in [6.07, 6.45) is -0.168. The lowest BCUT2D eigenvalue weighted by Crippen LogP contribution is -2.42. The Morgan fingerprint density at radius 1 is 1.14 bits per heavy atom. The SMILES string of the molecule is COc1cc2c(c3c1OC(C)(C)C3)C(c1cccc(N(C)S(=O)(=O)N(C)C(=O)O)c1)=NC(C)(C)C2. The maximum absolute atomic E-state index is 12.8. The fourth-order valence-electron chi connectivity index (χ4n) is 4.69. The molecule has 0 spiro atoms. The molecule has 10 heteroatoms. The number of hydrogen-bond donors (Lipinski definition) is 1. The van der Waals surface area contributed by atoms with Gasteiger partial charge in [-0.15, -0.1) is 0 Å². The highest BCUT2D eigenvalue weighted by molar-refractivity contribution is 7.91. The van der Waals surface area contributed by atoms with Crippen molar-refractivity contribution >= 4 is 27.7 Å². The molecule has 1 amide bonds. The number of rotatable bonds is 5. The number of methoxy groups -OCH3 is 1. The van der Waals surface area contributed by atoms with Crippen molar-refractivity contribution in [1.82, 2.24) is 4.31 Å². The number of fused-ring (bicyclic) bond motifs is 3. The first-order chi connectivity index (χ1) is 16.2. The highest BCUT2D eigenvalue weighted by atomic mass is 32.2. The van der Waals surface area contributed by atoms with Crippen molar-refractivity contribution in [3.63, 3.8) is 0 Å². The smallest absolute Gasteiger partial charge is 0.422 e. The summed E-state index contributed by atoms with van der Waals surface area (Å²) in [6.45, 7) is 8.17. The topological polar surface area (TPSA) is 109 Å². The summed E-state index contributed by atoms with van der Waals surface area (Å²) in [6, 6.07) is 8.97. The van der Waals surface area contributed by atoms with E-state index in [4.69, 9.17) is 14.5 Å². The third-order valence-electron chi connectivity index (χ3n) is 6.35. The molecular formula is C25H31N3O6S. The van der Waals surface area contributed by atoms with Gasteiger partial charge in [0.2, 0.25) is 0 Å². The Kier molecular flexibility index (Phi) is 5.78. The van der Waals surface area contributed by atoms with Crippen LogP contribution in [-0.4, -0.2) is 62.0 Å². The zero-order valence-electron chi connectivity index (χ0n) is 21.0. The zero-order valence-corrected chi connectivity index (χ0v) is 21.9. The molecule has 0 fully saturated rings. The number of hydrogen-bond acceptors (Lipinski definition) is 6. The van der Waals surface area contributed by atoms with Gasteiger partial charge in [0.1, 0.15) is 5.60 Å². The Balaban J connectivity index is 1.88. The van der Waals surface area contributed by atoms with Crippen molar-refractivity contribution in [3.05, 3.63) is 52.6 Å². The van der Waals surface area contributed by atoms with Crippen molar-refractivity contribution in [1.29, 1.82) is 0 Å². The van der Waals surface area contributed by atoms with Crippen LogP contribution in [0.2, 0.25) is 0 Å². The number of benzene rings is 2. The van der Waals surface area contributed by atoms with E-state index in [1.165, 1.54) is 7.05 Å². The first kappa shape index (κ1) is 24.8. The van der Waals surface area contributed by atoms with Crippen LogP contribution in [0.15, 0.2) is 35.3 Å². The lowest BCUT2D eigenvalue weighted by atomic mass is 9.81. The number of aliphatic imine (C=N–C) groups is 1. The molecule has 1 N–H and O–H groups in total. The van der Waals surface area contributed by atoms with Crippen molar-refractivity contribution in [2.24, 2.45) is 4.99 Å². The molecule has 2 heterocycles. The summed E-state index contributed by atoms with van der Waals surface area (Å²) < 4.78 is 38.7. The van der Waals surface area contributed by atoms with E-state index in [0.717, 1.165) is 39.3 Å². The molecule has 2 aromatic rings. The van der Waals surface area contributed by atoms with E-state index in [-0.39, 0.29) is 4.31 Å². The molecule has 188 valence electrons. The Hall–Kier alpha value is -3.27. The number of ether oxygens (including phenoxy) is 2. The molecule has 35 heavy (non-hydrogen) atoms. The van der Waals surface area contributed by atoms with Gasteiger partial charge in [-0.1, -0.05) is 12.1 Å². The van der Waals surface area contributed by atoms with Crippen LogP contribution < -0.4 is 13.8 Å². The summed E-state index contributed by atoms with van der Waals surface area (Å²) in [5.41, 5.74) is 4.10. The summed E-state index contributed by atoms with van der Waals surface area (Å²) in [7, 11) is -0.306. The van der Waals surface area contributed by atoms with Gasteiger partial charge in [-0.05, 0) is 57.9 Å². The van der Waals surface area contributed by atoms with Gasteiger partial charge in [0, 0.05) is 37.2 Å². The van der Waals surface area contributed by atoms with E-state index in [1.807, 2.05) is 26.0 Å². The molecule has 4 rings (SSSR count). The summed E-state index contributed by atoms with van der Waals surface area (Å²) >= 11 is 0. The summed E-state index contributed by atoms with van der Waals surface area (Å²) in [5, 5.41) is 9.19. The van der Waals surface area contributed by atoms with Crippen molar-refractivity contribution in [2.75, 3.05) is 25.5 Å². The molecule has 0 bridgehead atoms. The lowest BCUT2D eigenvalue weighted by molar-refractivity contribution is 0.134. The second-order valence-electron chi connectivity index (χ2n) is 10.2. The van der Waals surface area contributed by atoms with E-state index in [0.29, 0.717) is 30.0 Å². The minimum absolute atomic E-state index is 0.286. The van der Waals surface area contributed by atoms with E-state index in [2.05, 4.69) is 13.8 Å². The minimum Gasteiger partial charge on any atom is -0.493 e. The van der Waals surface area contributed by atoms with E-state index in [9.17, 15) is 18.3 Å². The molecule has 0 unspecified atom stereocenters. The third-order valence-corrected chi connectivity index (χ3v) is 8.10. The maximum atomic E-state index is 12.8. The maximum Gasteiger partial charge on any atom is 0.422 e. The quantitative estimate of drug-likeness (QED) is 0.666. The van der Waals surface area contributed by atoms with E-state index < -0.39 is 27.4 Å². The van der Waals surface area contributed by atoms with Gasteiger partial charge >= 0.3 is 16.3 Å². The zero-order chi connectivity index (χ0) is 25.9. The standard InChI is InChI=1S/C25H31N3O6S/c1-24(2)13-16-12-19(33-7)22-18(14-25(3,4)34-22)20(16)21(26-24)15-9-8-10-17(11-15)27(5)35(31,32)28(6)23(29)30/h8-12H,13-14H2,1-7H3,(H,29,30). The molecule has 0 atom stereocenters. The Morgan fingerprint density at radius 3 is 2.46 bits per heavy atom. The van der Waals surface area contributed by atoms with Crippen LogP contribution >= 0.6 is 0 Å². The number of amides is 1. The predicted molar refractivity (Wildman–Crippen MR) is 134 cm³/mol. The van der Waals surface area contributed by atoms with Crippen LogP contribution in [0.3, 0.4) is 0 Å². The number of carboxylic acid groups (broad SMARTS) is 1. The Labute approximate surface area is 206 Å². The number of nitrogens with zero attached hydrogens (tertiary/aromatic N) is 3. The normalized spacial score (nSPS) is 17.5. The van der Waals surface area contributed by atoms with Crippen molar-refractivity contribution in [2.45, 2.75) is 51.7 Å². The highest BCUT2D eigenvalue weighted by Gasteiger charge is 2.40. The van der Waals surface area contributed by atoms with Gasteiger partial charge in [0.25, 0.3) is 0 Å². The predicted octanol–water partition coefficient (Wildman–Crippen LogP) is 3.87. The molecule has 0 aliphatic carbocycles. The number of carbonyl (C=O) groups is 1. The van der Waals surface area contributed by atoms with Gasteiger partial charge in [-0.25, -0.2) is 4.79 Å². The van der Waals surface area contributed by atoms with Crippen LogP contribution in [-0.2, 0) is 23.1 Å². The third kappa shape index (κ3) is 4.31. The van der Waals surface area contributed by atoms with Crippen molar-refractivity contribution in [3.8, 4) is 11.5 Å². The Bertz CT molecular complexity index is 1350. The van der Waals surface area contributed by atoms with Gasteiger partial charge in [0.05, 0.1) is 24.0 Å². The molecule has 0 aromatic heterocycles. The average Bonchev–Trinajstić information content (AvgIpc) is 3.10. The van der Waals surface area contributed by atoms with Gasteiger partial charge in [-0.3, -0.25) is 9.30 Å². The lowest BCUT2D eigenvalue weighted by Gasteiger charge is -2.31. The molecular weight excluding hydrogens is 470 g/mol. The fourth-order valence-corrected chi connectivity index (χ4v) is 5.64. The van der Waals surface area contributed by atoms with Gasteiger partial charge in [-0.2, -0.15) is 12.7 Å². The van der Waals surface area contributed by atoms with E-state index >= 15 is 0 Å². The number of anilines is 1. The van der Waals surface area contributed by atoms with Crippen LogP contribution in [0.4, 0.5) is 10.5 Å². The Morgan fingerprint density at radius 2 is 1.83 bits per heavy atom. The van der Waals surface area contributed by atoms with Gasteiger partial charge in [0.15, 0.2) is 11.5 Å². The highest BCUT2D eigenvalue weighted by Crippen LogP contribution is 2.48. The molecule has 0 saturated carbocycles. The largest absolute Gasteiger partial charge is 0.493 e. The second kappa shape index (κ2) is 8.15. The fraction of sp³-hybridized carbons (Fsp3) is 0.440. The summed E-state index contributed by atoms with van der Waals surface area (Å²) in [5.74, 6) is 1.40. The molecule has 9 nitrogen and oxygen atoms in total. The molecule has 2 aliphatic heterocycles. The first-order valence-corrected chi connectivity index (χ1v) is 12.6. The molecule has 2 aliphatic rings. The first-order valence-electron chi connectivity index (χ1n) is 11.2.